The maximum atomic E-state index is 13.3. The highest BCUT2D eigenvalue weighted by atomic mass is 35.5. The van der Waals surface area contributed by atoms with Crippen molar-refractivity contribution in [1.82, 2.24) is 0 Å². The molecule has 5 heteroatoms. The van der Waals surface area contributed by atoms with Crippen molar-refractivity contribution >= 4 is 28.9 Å². The minimum atomic E-state index is -0.579. The van der Waals surface area contributed by atoms with Crippen LogP contribution in [0.5, 0.6) is 0 Å². The Hall–Kier alpha value is -2.07. The van der Waals surface area contributed by atoms with Gasteiger partial charge in [0.2, 0.25) is 0 Å². The normalized spacial score (nSPS) is 10.4. The molecule has 0 radical (unpaired) electrons. The predicted molar refractivity (Wildman–Crippen MR) is 79.7 cm³/mol. The lowest BCUT2D eigenvalue weighted by Crippen LogP contribution is -2.14. The Balaban J connectivity index is 2.28. The van der Waals surface area contributed by atoms with Crippen LogP contribution in [-0.2, 0) is 0 Å². The zero-order valence-electron chi connectivity index (χ0n) is 11.1. The molecule has 0 unspecified atom stereocenters. The molecule has 20 heavy (non-hydrogen) atoms. The van der Waals surface area contributed by atoms with E-state index in [0.29, 0.717) is 16.9 Å². The zero-order valence-corrected chi connectivity index (χ0v) is 11.9. The van der Waals surface area contributed by atoms with E-state index >= 15 is 0 Å². The van der Waals surface area contributed by atoms with Gasteiger partial charge >= 0.3 is 0 Å². The van der Waals surface area contributed by atoms with Crippen molar-refractivity contribution in [1.29, 1.82) is 0 Å². The van der Waals surface area contributed by atoms with E-state index in [1.54, 1.807) is 6.07 Å². The molecule has 0 aliphatic rings. The summed E-state index contributed by atoms with van der Waals surface area (Å²) in [5, 5.41) is 2.63. The third-order valence-corrected chi connectivity index (χ3v) is 3.34. The second-order valence-electron chi connectivity index (χ2n) is 4.61. The van der Waals surface area contributed by atoms with E-state index in [4.69, 9.17) is 17.3 Å². The number of amides is 1. The van der Waals surface area contributed by atoms with Gasteiger partial charge in [-0.05, 0) is 49.2 Å². The lowest BCUT2D eigenvalue weighted by Gasteiger charge is -2.10. The van der Waals surface area contributed by atoms with Crippen LogP contribution in [-0.4, -0.2) is 5.91 Å². The van der Waals surface area contributed by atoms with Crippen molar-refractivity contribution < 1.29 is 9.18 Å². The Morgan fingerprint density at radius 3 is 2.55 bits per heavy atom. The van der Waals surface area contributed by atoms with Gasteiger partial charge in [0.1, 0.15) is 5.82 Å². The Kier molecular flexibility index (Phi) is 3.95. The van der Waals surface area contributed by atoms with E-state index in [1.165, 1.54) is 18.2 Å². The summed E-state index contributed by atoms with van der Waals surface area (Å²) in [4.78, 5) is 12.2. The van der Waals surface area contributed by atoms with Crippen LogP contribution in [0.15, 0.2) is 30.3 Å². The molecule has 0 fully saturated rings. The minimum absolute atomic E-state index is 0.0127. The molecule has 2 aromatic rings. The number of aryl methyl sites for hydroxylation is 2. The van der Waals surface area contributed by atoms with Crippen molar-refractivity contribution in [2.24, 2.45) is 0 Å². The van der Waals surface area contributed by atoms with Crippen LogP contribution < -0.4 is 11.1 Å². The number of carbonyl (C=O) groups excluding carboxylic acids is 1. The minimum Gasteiger partial charge on any atom is -0.398 e. The van der Waals surface area contributed by atoms with Crippen LogP contribution in [0.2, 0.25) is 5.02 Å². The van der Waals surface area contributed by atoms with Crippen LogP contribution in [0.25, 0.3) is 0 Å². The number of halogens is 2. The van der Waals surface area contributed by atoms with Crippen LogP contribution in [0.4, 0.5) is 15.8 Å². The topological polar surface area (TPSA) is 55.1 Å². The highest BCUT2D eigenvalue weighted by Crippen LogP contribution is 2.21. The molecule has 3 N–H and O–H groups in total. The number of nitrogens with two attached hydrogens (primary N) is 1. The first-order valence-electron chi connectivity index (χ1n) is 6.01. The first-order chi connectivity index (χ1) is 9.38. The quantitative estimate of drug-likeness (QED) is 0.824. The summed E-state index contributed by atoms with van der Waals surface area (Å²) >= 11 is 5.59. The first kappa shape index (κ1) is 14.3. The molecular formula is C15H14ClFN2O. The molecule has 0 bridgehead atoms. The number of anilines is 2. The number of benzene rings is 2. The second-order valence-corrected chi connectivity index (χ2v) is 5.01. The monoisotopic (exact) mass is 292 g/mol. The SMILES string of the molecule is Cc1cc(C)c(C(=O)Nc2ccc(Cl)c(F)c2)cc1N. The maximum Gasteiger partial charge on any atom is 0.256 e. The molecule has 0 heterocycles. The maximum absolute atomic E-state index is 13.3. The van der Waals surface area contributed by atoms with Crippen molar-refractivity contribution in [2.45, 2.75) is 13.8 Å². The number of nitrogens with one attached hydrogen (secondary N) is 1. The highest BCUT2D eigenvalue weighted by molar-refractivity contribution is 6.30. The molecule has 0 spiro atoms. The Labute approximate surface area is 121 Å². The van der Waals surface area contributed by atoms with Gasteiger partial charge in [0, 0.05) is 16.9 Å². The lowest BCUT2D eigenvalue weighted by molar-refractivity contribution is 0.102. The molecule has 3 nitrogen and oxygen atoms in total. The van der Waals surface area contributed by atoms with Gasteiger partial charge in [-0.2, -0.15) is 0 Å². The summed E-state index contributed by atoms with van der Waals surface area (Å²) in [6.45, 7) is 3.70. The summed E-state index contributed by atoms with van der Waals surface area (Å²) in [6.07, 6.45) is 0. The molecule has 0 saturated carbocycles. The van der Waals surface area contributed by atoms with Crippen molar-refractivity contribution in [3.63, 3.8) is 0 Å². The van der Waals surface area contributed by atoms with Gasteiger partial charge in [0.15, 0.2) is 0 Å². The van der Waals surface area contributed by atoms with Gasteiger partial charge in [-0.1, -0.05) is 17.7 Å². The molecule has 1 amide bonds. The van der Waals surface area contributed by atoms with E-state index in [9.17, 15) is 9.18 Å². The average molecular weight is 293 g/mol. The van der Waals surface area contributed by atoms with Gasteiger partial charge in [-0.3, -0.25) is 4.79 Å². The fourth-order valence-electron chi connectivity index (χ4n) is 1.89. The summed E-state index contributed by atoms with van der Waals surface area (Å²) in [5.41, 5.74) is 8.88. The van der Waals surface area contributed by atoms with E-state index in [-0.39, 0.29) is 10.9 Å². The van der Waals surface area contributed by atoms with Crippen LogP contribution in [0, 0.1) is 19.7 Å². The molecule has 104 valence electrons. The molecule has 2 rings (SSSR count). The van der Waals surface area contributed by atoms with E-state index < -0.39 is 5.82 Å². The molecular weight excluding hydrogens is 279 g/mol. The van der Waals surface area contributed by atoms with Gasteiger partial charge in [-0.25, -0.2) is 4.39 Å². The Morgan fingerprint density at radius 1 is 1.20 bits per heavy atom. The standard InChI is InChI=1S/C15H14ClFN2O/c1-8-5-9(2)14(18)7-11(8)15(20)19-10-3-4-12(16)13(17)6-10/h3-7H,18H2,1-2H3,(H,19,20). The third kappa shape index (κ3) is 2.91. The largest absolute Gasteiger partial charge is 0.398 e. The zero-order chi connectivity index (χ0) is 14.9. The fraction of sp³-hybridized carbons (Fsp3) is 0.133. The number of nitrogen functional groups attached to an aromatic ring is 1. The molecule has 2 aromatic carbocycles. The van der Waals surface area contributed by atoms with Gasteiger partial charge < -0.3 is 11.1 Å². The summed E-state index contributed by atoms with van der Waals surface area (Å²) in [7, 11) is 0. The van der Waals surface area contributed by atoms with Crippen LogP contribution >= 0.6 is 11.6 Å². The van der Waals surface area contributed by atoms with Crippen molar-refractivity contribution in [2.75, 3.05) is 11.1 Å². The van der Waals surface area contributed by atoms with E-state index in [0.717, 1.165) is 11.1 Å². The first-order valence-corrected chi connectivity index (χ1v) is 6.39. The average Bonchev–Trinajstić information content (AvgIpc) is 2.38. The third-order valence-electron chi connectivity index (χ3n) is 3.04. The summed E-state index contributed by atoms with van der Waals surface area (Å²) in [6, 6.07) is 7.56. The smallest absolute Gasteiger partial charge is 0.256 e. The fourth-order valence-corrected chi connectivity index (χ4v) is 2.00. The molecule has 0 aliphatic carbocycles. The van der Waals surface area contributed by atoms with E-state index in [2.05, 4.69) is 5.32 Å². The van der Waals surface area contributed by atoms with Gasteiger partial charge in [-0.15, -0.1) is 0 Å². The number of hydrogen-bond acceptors (Lipinski definition) is 2. The second kappa shape index (κ2) is 5.51. The highest BCUT2D eigenvalue weighted by Gasteiger charge is 2.12. The van der Waals surface area contributed by atoms with Crippen molar-refractivity contribution in [3.05, 3.63) is 57.9 Å². The van der Waals surface area contributed by atoms with Gasteiger partial charge in [0.25, 0.3) is 5.91 Å². The predicted octanol–water partition coefficient (Wildman–Crippen LogP) is 3.93. The number of rotatable bonds is 2. The molecule has 0 atom stereocenters. The molecule has 0 aromatic heterocycles. The lowest BCUT2D eigenvalue weighted by atomic mass is 10.0. The van der Waals surface area contributed by atoms with Gasteiger partial charge in [0.05, 0.1) is 5.02 Å². The van der Waals surface area contributed by atoms with Crippen molar-refractivity contribution in [3.8, 4) is 0 Å². The van der Waals surface area contributed by atoms with Crippen LogP contribution in [0.1, 0.15) is 21.5 Å². The number of carbonyl (C=O) groups is 1. The number of hydrogen-bond donors (Lipinski definition) is 2. The molecule has 0 saturated heterocycles. The Bertz CT molecular complexity index is 686. The Morgan fingerprint density at radius 2 is 1.90 bits per heavy atom. The molecule has 0 aliphatic heterocycles. The van der Waals surface area contributed by atoms with Crippen LogP contribution in [0.3, 0.4) is 0 Å². The van der Waals surface area contributed by atoms with E-state index in [1.807, 2.05) is 19.9 Å². The summed E-state index contributed by atoms with van der Waals surface area (Å²) in [5.74, 6) is -0.916. The summed E-state index contributed by atoms with van der Waals surface area (Å²) < 4.78 is 13.3.